The van der Waals surface area contributed by atoms with Gasteiger partial charge in [-0.15, -0.1) is 0 Å². The lowest BCUT2D eigenvalue weighted by atomic mass is 10.0. The van der Waals surface area contributed by atoms with Crippen LogP contribution in [0.15, 0.2) is 42.5 Å². The minimum absolute atomic E-state index is 0.105. The van der Waals surface area contributed by atoms with E-state index in [9.17, 15) is 13.2 Å². The minimum Gasteiger partial charge on any atom is -0.483 e. The van der Waals surface area contributed by atoms with E-state index in [1.807, 2.05) is 0 Å². The van der Waals surface area contributed by atoms with Crippen molar-refractivity contribution in [1.29, 1.82) is 0 Å². The third kappa shape index (κ3) is 3.69. The molecule has 8 heteroatoms. The zero-order chi connectivity index (χ0) is 18.0. The molecule has 132 valence electrons. The Kier molecular flexibility index (Phi) is 4.54. The van der Waals surface area contributed by atoms with E-state index in [0.717, 1.165) is 0 Å². The highest BCUT2D eigenvalue weighted by molar-refractivity contribution is 5.92. The van der Waals surface area contributed by atoms with Crippen LogP contribution in [0, 0.1) is 0 Å². The van der Waals surface area contributed by atoms with Crippen molar-refractivity contribution in [1.82, 2.24) is 9.78 Å². The number of aromatic nitrogens is 2. The predicted octanol–water partition coefficient (Wildman–Crippen LogP) is 3.22. The van der Waals surface area contributed by atoms with E-state index >= 15 is 0 Å². The fraction of sp³-hybridized carbons (Fsp3) is 0.235. The highest BCUT2D eigenvalue weighted by Crippen LogP contribution is 2.34. The summed E-state index contributed by atoms with van der Waals surface area (Å²) in [4.78, 5) is 0. The van der Waals surface area contributed by atoms with E-state index in [1.54, 1.807) is 41.1 Å². The van der Waals surface area contributed by atoms with Crippen molar-refractivity contribution in [2.75, 3.05) is 18.9 Å². The molecule has 3 aromatic rings. The van der Waals surface area contributed by atoms with E-state index in [-0.39, 0.29) is 18.9 Å². The van der Waals surface area contributed by atoms with Crippen molar-refractivity contribution in [2.24, 2.45) is 0 Å². The quantitative estimate of drug-likeness (QED) is 0.740. The Bertz CT molecular complexity index is 890. The SMILES string of the molecule is Nc1nn(CCO)c2cc(-c3ccccc3OCC(F)(F)F)ccc12. The van der Waals surface area contributed by atoms with E-state index in [0.29, 0.717) is 27.8 Å². The Balaban J connectivity index is 2.03. The summed E-state index contributed by atoms with van der Waals surface area (Å²) < 4.78 is 43.9. The van der Waals surface area contributed by atoms with Gasteiger partial charge in [0.25, 0.3) is 0 Å². The molecule has 2 aromatic carbocycles. The standard InChI is InChI=1S/C17H16F3N3O2/c18-17(19,20)10-25-15-4-2-1-3-12(15)11-5-6-13-14(9-11)23(7-8-24)22-16(13)21/h1-6,9,24H,7-8,10H2,(H2,21,22). The first kappa shape index (κ1) is 17.1. The second kappa shape index (κ2) is 6.64. The maximum Gasteiger partial charge on any atom is 0.422 e. The number of ether oxygens (including phenoxy) is 1. The molecule has 0 radical (unpaired) electrons. The van der Waals surface area contributed by atoms with Gasteiger partial charge in [0.05, 0.1) is 18.7 Å². The van der Waals surface area contributed by atoms with Crippen LogP contribution in [-0.2, 0) is 6.54 Å². The molecule has 0 amide bonds. The van der Waals surface area contributed by atoms with Gasteiger partial charge in [-0.05, 0) is 23.8 Å². The number of nitrogens with two attached hydrogens (primary N) is 1. The zero-order valence-electron chi connectivity index (χ0n) is 13.1. The first-order valence-electron chi connectivity index (χ1n) is 7.55. The zero-order valence-corrected chi connectivity index (χ0v) is 13.1. The molecule has 0 aliphatic carbocycles. The molecule has 3 N–H and O–H groups in total. The normalized spacial score (nSPS) is 11.8. The molecule has 0 saturated heterocycles. The van der Waals surface area contributed by atoms with Crippen LogP contribution < -0.4 is 10.5 Å². The van der Waals surface area contributed by atoms with Gasteiger partial charge >= 0.3 is 6.18 Å². The third-order valence-electron chi connectivity index (χ3n) is 3.68. The van der Waals surface area contributed by atoms with E-state index < -0.39 is 12.8 Å². The van der Waals surface area contributed by atoms with E-state index in [1.165, 1.54) is 6.07 Å². The van der Waals surface area contributed by atoms with Gasteiger partial charge in [0, 0.05) is 10.9 Å². The van der Waals surface area contributed by atoms with Crippen LogP contribution in [0.5, 0.6) is 5.75 Å². The topological polar surface area (TPSA) is 73.3 Å². The summed E-state index contributed by atoms with van der Waals surface area (Å²) in [5, 5.41) is 14.0. The molecular formula is C17H16F3N3O2. The van der Waals surface area contributed by atoms with Crippen molar-refractivity contribution >= 4 is 16.7 Å². The number of rotatable bonds is 5. The number of alkyl halides is 3. The smallest absolute Gasteiger partial charge is 0.422 e. The van der Waals surface area contributed by atoms with E-state index in [4.69, 9.17) is 15.6 Å². The molecular weight excluding hydrogens is 335 g/mol. The molecule has 0 bridgehead atoms. The van der Waals surface area contributed by atoms with Crippen LogP contribution >= 0.6 is 0 Å². The highest BCUT2D eigenvalue weighted by atomic mass is 19.4. The van der Waals surface area contributed by atoms with Gasteiger partial charge in [0.15, 0.2) is 12.4 Å². The first-order valence-corrected chi connectivity index (χ1v) is 7.55. The number of halogens is 3. The second-order valence-electron chi connectivity index (χ2n) is 5.46. The van der Waals surface area contributed by atoms with Crippen LogP contribution in [0.1, 0.15) is 0 Å². The molecule has 5 nitrogen and oxygen atoms in total. The third-order valence-corrected chi connectivity index (χ3v) is 3.68. The van der Waals surface area contributed by atoms with Crippen molar-refractivity contribution < 1.29 is 23.0 Å². The van der Waals surface area contributed by atoms with Crippen molar-refractivity contribution in [3.63, 3.8) is 0 Å². The Morgan fingerprint density at radius 1 is 1.16 bits per heavy atom. The summed E-state index contributed by atoms with van der Waals surface area (Å²) in [7, 11) is 0. The average Bonchev–Trinajstić information content (AvgIpc) is 2.88. The largest absolute Gasteiger partial charge is 0.483 e. The fourth-order valence-electron chi connectivity index (χ4n) is 2.62. The lowest BCUT2D eigenvalue weighted by Gasteiger charge is -2.13. The van der Waals surface area contributed by atoms with Gasteiger partial charge in [-0.2, -0.15) is 18.3 Å². The maximum atomic E-state index is 12.5. The van der Waals surface area contributed by atoms with Crippen molar-refractivity contribution in [3.05, 3.63) is 42.5 Å². The monoisotopic (exact) mass is 351 g/mol. The van der Waals surface area contributed by atoms with Crippen LogP contribution in [-0.4, -0.2) is 34.3 Å². The molecule has 0 aliphatic heterocycles. The van der Waals surface area contributed by atoms with Gasteiger partial charge in [0.1, 0.15) is 5.75 Å². The van der Waals surface area contributed by atoms with Crippen molar-refractivity contribution in [2.45, 2.75) is 12.7 Å². The van der Waals surface area contributed by atoms with Crippen molar-refractivity contribution in [3.8, 4) is 16.9 Å². The molecule has 0 fully saturated rings. The summed E-state index contributed by atoms with van der Waals surface area (Å²) in [6.45, 7) is -1.20. The van der Waals surface area contributed by atoms with Crippen LogP contribution in [0.2, 0.25) is 0 Å². The summed E-state index contributed by atoms with van der Waals surface area (Å²) in [6, 6.07) is 11.8. The highest BCUT2D eigenvalue weighted by Gasteiger charge is 2.28. The Labute approximate surface area is 141 Å². The lowest BCUT2D eigenvalue weighted by Crippen LogP contribution is -2.19. The Morgan fingerprint density at radius 3 is 2.64 bits per heavy atom. The second-order valence-corrected chi connectivity index (χ2v) is 5.46. The number of fused-ring (bicyclic) bond motifs is 1. The molecule has 0 aliphatic rings. The molecule has 1 aromatic heterocycles. The number of hydrogen-bond acceptors (Lipinski definition) is 4. The number of benzene rings is 2. The van der Waals surface area contributed by atoms with Gasteiger partial charge in [-0.1, -0.05) is 24.3 Å². The summed E-state index contributed by atoms with van der Waals surface area (Å²) in [5.41, 5.74) is 7.75. The molecule has 1 heterocycles. The summed E-state index contributed by atoms with van der Waals surface area (Å²) in [5.74, 6) is 0.469. The molecule has 0 spiro atoms. The number of para-hydroxylation sites is 1. The van der Waals surface area contributed by atoms with Gasteiger partial charge in [-0.25, -0.2) is 0 Å². The number of hydrogen-bond donors (Lipinski definition) is 2. The first-order chi connectivity index (χ1) is 11.9. The number of aliphatic hydroxyl groups excluding tert-OH is 1. The van der Waals surface area contributed by atoms with E-state index in [2.05, 4.69) is 5.10 Å². The lowest BCUT2D eigenvalue weighted by molar-refractivity contribution is -0.153. The number of anilines is 1. The van der Waals surface area contributed by atoms with Gasteiger partial charge in [0.2, 0.25) is 0 Å². The van der Waals surface area contributed by atoms with Gasteiger partial charge < -0.3 is 15.6 Å². The molecule has 25 heavy (non-hydrogen) atoms. The van der Waals surface area contributed by atoms with Crippen LogP contribution in [0.25, 0.3) is 22.0 Å². The number of nitrogens with zero attached hydrogens (tertiary/aromatic N) is 2. The molecule has 0 saturated carbocycles. The molecule has 3 rings (SSSR count). The number of aliphatic hydroxyl groups is 1. The Hall–Kier alpha value is -2.74. The summed E-state index contributed by atoms with van der Waals surface area (Å²) >= 11 is 0. The summed E-state index contributed by atoms with van der Waals surface area (Å²) in [6.07, 6.45) is -4.41. The maximum absolute atomic E-state index is 12.5. The Morgan fingerprint density at radius 2 is 1.92 bits per heavy atom. The van der Waals surface area contributed by atoms with Crippen LogP contribution in [0.4, 0.5) is 19.0 Å². The average molecular weight is 351 g/mol. The fourth-order valence-corrected chi connectivity index (χ4v) is 2.62. The molecule has 0 atom stereocenters. The predicted molar refractivity (Wildman–Crippen MR) is 88.2 cm³/mol. The van der Waals surface area contributed by atoms with Crippen LogP contribution in [0.3, 0.4) is 0 Å². The molecule has 0 unspecified atom stereocenters. The minimum atomic E-state index is -4.41. The van der Waals surface area contributed by atoms with Gasteiger partial charge in [-0.3, -0.25) is 4.68 Å². The number of nitrogen functional groups attached to an aromatic ring is 1.